The average Bonchev–Trinajstić information content (AvgIpc) is 3.19. The number of aromatic nitrogens is 1. The fourth-order valence-electron chi connectivity index (χ4n) is 5.24. The van der Waals surface area contributed by atoms with Crippen LogP contribution in [0.5, 0.6) is 5.75 Å². The van der Waals surface area contributed by atoms with Gasteiger partial charge in [0.2, 0.25) is 15.8 Å². The van der Waals surface area contributed by atoms with E-state index in [4.69, 9.17) is 4.74 Å². The standard InChI is InChI=1S/C24H29F4N3O4S/c1-36(33,34)30-19-11-13-31(23-22(25)21(32)10-12-29-23)20(19)14-35-16-8-6-15(7-9-16)17-4-2-3-5-18(17)24(26,27)28/h2-5,10,12,15-16,19-20,30H,6-9,11,13-14H2,1H3,(H,29,32)/t15?,16?,19-,20-/m0/s1. The van der Waals surface area contributed by atoms with E-state index in [1.807, 2.05) is 0 Å². The number of hydrogen-bond donors (Lipinski definition) is 2. The minimum atomic E-state index is -4.41. The summed E-state index contributed by atoms with van der Waals surface area (Å²) in [6.45, 7) is 0.369. The smallest absolute Gasteiger partial charge is 0.416 e. The Morgan fingerprint density at radius 2 is 1.83 bits per heavy atom. The van der Waals surface area contributed by atoms with Crippen molar-refractivity contribution in [2.75, 3.05) is 24.3 Å². The van der Waals surface area contributed by atoms with Crippen molar-refractivity contribution in [3.63, 3.8) is 0 Å². The summed E-state index contributed by atoms with van der Waals surface area (Å²) in [5.41, 5.74) is -0.306. The van der Waals surface area contributed by atoms with Crippen molar-refractivity contribution in [2.24, 2.45) is 0 Å². The highest BCUT2D eigenvalue weighted by Crippen LogP contribution is 2.41. The van der Waals surface area contributed by atoms with Crippen LogP contribution < -0.4 is 9.62 Å². The Labute approximate surface area is 207 Å². The molecule has 2 aliphatic rings. The number of sulfonamides is 1. The molecule has 1 aliphatic carbocycles. The molecule has 1 aromatic heterocycles. The molecule has 0 spiro atoms. The van der Waals surface area contributed by atoms with Crippen LogP contribution in [0, 0.1) is 5.82 Å². The van der Waals surface area contributed by atoms with Crippen LogP contribution >= 0.6 is 0 Å². The first-order valence-corrected chi connectivity index (χ1v) is 13.7. The van der Waals surface area contributed by atoms with Crippen molar-refractivity contribution in [1.82, 2.24) is 9.71 Å². The number of rotatable bonds is 7. The molecule has 1 saturated heterocycles. The molecule has 0 unspecified atom stereocenters. The van der Waals surface area contributed by atoms with Gasteiger partial charge < -0.3 is 14.7 Å². The van der Waals surface area contributed by atoms with Gasteiger partial charge in [-0.05, 0) is 49.7 Å². The second-order valence-corrected chi connectivity index (χ2v) is 11.2. The largest absolute Gasteiger partial charge is 0.505 e. The second-order valence-electron chi connectivity index (χ2n) is 9.41. The summed E-state index contributed by atoms with van der Waals surface area (Å²) >= 11 is 0. The number of pyridine rings is 1. The summed E-state index contributed by atoms with van der Waals surface area (Å²) < 4.78 is 87.3. The average molecular weight is 532 g/mol. The molecule has 0 amide bonds. The SMILES string of the molecule is CS(=O)(=O)N[C@H]1CCN(c2nccc(O)c2F)[C@H]1COC1CCC(c2ccccc2C(F)(F)F)CC1. The van der Waals surface area contributed by atoms with Crippen molar-refractivity contribution in [1.29, 1.82) is 0 Å². The van der Waals surface area contributed by atoms with E-state index in [1.54, 1.807) is 11.0 Å². The van der Waals surface area contributed by atoms with Crippen LogP contribution in [0.2, 0.25) is 0 Å². The highest BCUT2D eigenvalue weighted by atomic mass is 32.2. The zero-order chi connectivity index (χ0) is 26.1. The third-order valence-electron chi connectivity index (χ3n) is 6.92. The summed E-state index contributed by atoms with van der Waals surface area (Å²) in [5, 5.41) is 9.77. The molecular weight excluding hydrogens is 502 g/mol. The third kappa shape index (κ3) is 6.09. The minimum Gasteiger partial charge on any atom is -0.505 e. The van der Waals surface area contributed by atoms with Gasteiger partial charge in [0, 0.05) is 24.8 Å². The van der Waals surface area contributed by atoms with Crippen molar-refractivity contribution < 1.29 is 35.8 Å². The van der Waals surface area contributed by atoms with Gasteiger partial charge in [-0.3, -0.25) is 0 Å². The monoisotopic (exact) mass is 531 g/mol. The Bertz CT molecular complexity index is 1170. The predicted octanol–water partition coefficient (Wildman–Crippen LogP) is 4.18. The highest BCUT2D eigenvalue weighted by molar-refractivity contribution is 7.88. The van der Waals surface area contributed by atoms with Crippen LogP contribution in [0.1, 0.15) is 49.1 Å². The number of halogens is 4. The molecule has 2 fully saturated rings. The maximum Gasteiger partial charge on any atom is 0.416 e. The van der Waals surface area contributed by atoms with Crippen LogP contribution in [0.15, 0.2) is 36.5 Å². The molecule has 12 heteroatoms. The van der Waals surface area contributed by atoms with Gasteiger partial charge in [0.05, 0.1) is 30.6 Å². The zero-order valence-corrected chi connectivity index (χ0v) is 20.5. The van der Waals surface area contributed by atoms with Crippen molar-refractivity contribution in [3.8, 4) is 5.75 Å². The maximum atomic E-state index is 14.6. The van der Waals surface area contributed by atoms with E-state index in [9.17, 15) is 31.1 Å². The first-order valence-electron chi connectivity index (χ1n) is 11.8. The molecule has 198 valence electrons. The second kappa shape index (κ2) is 10.5. The molecule has 2 atom stereocenters. The van der Waals surface area contributed by atoms with Crippen LogP contribution in [0.25, 0.3) is 0 Å². The van der Waals surface area contributed by atoms with Crippen molar-refractivity contribution in [3.05, 3.63) is 53.5 Å². The molecule has 7 nitrogen and oxygen atoms in total. The van der Waals surface area contributed by atoms with Gasteiger partial charge >= 0.3 is 6.18 Å². The van der Waals surface area contributed by atoms with E-state index in [-0.39, 0.29) is 24.4 Å². The minimum absolute atomic E-state index is 0.0679. The normalized spacial score (nSPS) is 25.3. The molecule has 1 aliphatic heterocycles. The van der Waals surface area contributed by atoms with Gasteiger partial charge in [-0.1, -0.05) is 18.2 Å². The molecular formula is C24H29F4N3O4S. The first-order chi connectivity index (χ1) is 16.9. The van der Waals surface area contributed by atoms with Gasteiger partial charge in [0.15, 0.2) is 11.6 Å². The lowest BCUT2D eigenvalue weighted by Gasteiger charge is -2.33. The Morgan fingerprint density at radius 3 is 2.50 bits per heavy atom. The van der Waals surface area contributed by atoms with Gasteiger partial charge in [-0.25, -0.2) is 18.1 Å². The van der Waals surface area contributed by atoms with Gasteiger partial charge in [-0.2, -0.15) is 17.6 Å². The molecule has 2 N–H and O–H groups in total. The molecule has 2 aromatic rings. The number of aromatic hydroxyl groups is 1. The summed E-state index contributed by atoms with van der Waals surface area (Å²) in [7, 11) is -3.55. The molecule has 0 bridgehead atoms. The fraction of sp³-hybridized carbons (Fsp3) is 0.542. The fourth-order valence-corrected chi connectivity index (χ4v) is 6.07. The number of nitrogens with zero attached hydrogens (tertiary/aromatic N) is 2. The topological polar surface area (TPSA) is 91.8 Å². The number of hydrogen-bond acceptors (Lipinski definition) is 6. The van der Waals surface area contributed by atoms with E-state index in [2.05, 4.69) is 9.71 Å². The Balaban J connectivity index is 1.43. The Hall–Kier alpha value is -2.44. The van der Waals surface area contributed by atoms with Crippen molar-refractivity contribution >= 4 is 15.8 Å². The molecule has 1 saturated carbocycles. The van der Waals surface area contributed by atoms with E-state index >= 15 is 0 Å². The number of benzene rings is 1. The van der Waals surface area contributed by atoms with E-state index in [0.29, 0.717) is 44.2 Å². The number of alkyl halides is 3. The van der Waals surface area contributed by atoms with E-state index in [1.165, 1.54) is 18.3 Å². The number of nitrogens with one attached hydrogen (secondary N) is 1. The Kier molecular flexibility index (Phi) is 7.77. The number of anilines is 1. The van der Waals surface area contributed by atoms with Gasteiger partial charge in [0.25, 0.3) is 0 Å². The quantitative estimate of drug-likeness (QED) is 0.521. The van der Waals surface area contributed by atoms with Crippen molar-refractivity contribution in [2.45, 2.75) is 62.4 Å². The molecule has 4 rings (SSSR count). The molecule has 2 heterocycles. The van der Waals surface area contributed by atoms with Crippen LogP contribution in [0.3, 0.4) is 0 Å². The summed E-state index contributed by atoms with van der Waals surface area (Å²) in [5.74, 6) is -1.77. The van der Waals surface area contributed by atoms with Crippen LogP contribution in [0.4, 0.5) is 23.4 Å². The van der Waals surface area contributed by atoms with Crippen LogP contribution in [-0.4, -0.2) is 56.1 Å². The lowest BCUT2D eigenvalue weighted by molar-refractivity contribution is -0.138. The summed E-state index contributed by atoms with van der Waals surface area (Å²) in [6.07, 6.45) is 0.219. The predicted molar refractivity (Wildman–Crippen MR) is 126 cm³/mol. The van der Waals surface area contributed by atoms with Gasteiger partial charge in [-0.15, -0.1) is 0 Å². The third-order valence-corrected chi connectivity index (χ3v) is 7.65. The van der Waals surface area contributed by atoms with Gasteiger partial charge in [0.1, 0.15) is 0 Å². The lowest BCUT2D eigenvalue weighted by Crippen LogP contribution is -2.48. The summed E-state index contributed by atoms with van der Waals surface area (Å²) in [4.78, 5) is 5.62. The zero-order valence-electron chi connectivity index (χ0n) is 19.7. The molecule has 1 aromatic carbocycles. The maximum absolute atomic E-state index is 14.6. The number of ether oxygens (including phenoxy) is 1. The first kappa shape index (κ1) is 26.6. The highest BCUT2D eigenvalue weighted by Gasteiger charge is 2.40. The summed E-state index contributed by atoms with van der Waals surface area (Å²) in [6, 6.07) is 5.64. The Morgan fingerprint density at radius 1 is 1.14 bits per heavy atom. The van der Waals surface area contributed by atoms with Crippen LogP contribution in [-0.2, 0) is 20.9 Å². The molecule has 36 heavy (non-hydrogen) atoms. The molecule has 0 radical (unpaired) electrons. The lowest BCUT2D eigenvalue weighted by atomic mass is 9.81. The van der Waals surface area contributed by atoms with E-state index in [0.717, 1.165) is 18.4 Å². The van der Waals surface area contributed by atoms with E-state index < -0.39 is 45.4 Å².